The summed E-state index contributed by atoms with van der Waals surface area (Å²) < 4.78 is 19.0. The molecule has 3 nitrogen and oxygen atoms in total. The van der Waals surface area contributed by atoms with Gasteiger partial charge in [0.25, 0.3) is 0 Å². The second kappa shape index (κ2) is 4.52. The van der Waals surface area contributed by atoms with Crippen molar-refractivity contribution in [3.8, 4) is 5.75 Å². The molecular formula is C14H19FN2O. The fourth-order valence-electron chi connectivity index (χ4n) is 2.92. The molecule has 4 heteroatoms. The third-order valence-electron chi connectivity index (χ3n) is 3.97. The lowest BCUT2D eigenvalue weighted by molar-refractivity contribution is 0.165. The number of fused-ring (bicyclic) bond motifs is 1. The van der Waals surface area contributed by atoms with Gasteiger partial charge >= 0.3 is 0 Å². The highest BCUT2D eigenvalue weighted by atomic mass is 19.1. The number of benzene rings is 1. The summed E-state index contributed by atoms with van der Waals surface area (Å²) in [7, 11) is 0. The molecule has 3 atom stereocenters. The Kier molecular flexibility index (Phi) is 2.99. The molecule has 1 fully saturated rings. The molecule has 3 unspecified atom stereocenters. The lowest BCUT2D eigenvalue weighted by atomic mass is 10.1. The van der Waals surface area contributed by atoms with Crippen LogP contribution < -0.4 is 10.5 Å². The van der Waals surface area contributed by atoms with Crippen LogP contribution in [0.2, 0.25) is 0 Å². The number of nitrogens with two attached hydrogens (primary N) is 1. The van der Waals surface area contributed by atoms with Crippen LogP contribution in [0.4, 0.5) is 4.39 Å². The first-order valence-electron chi connectivity index (χ1n) is 6.55. The van der Waals surface area contributed by atoms with Crippen LogP contribution in [0.5, 0.6) is 5.75 Å². The number of halogens is 1. The van der Waals surface area contributed by atoms with Crippen LogP contribution in [0.3, 0.4) is 0 Å². The smallest absolute Gasteiger partial charge is 0.123 e. The highest BCUT2D eigenvalue weighted by molar-refractivity contribution is 5.37. The third-order valence-corrected chi connectivity index (χ3v) is 3.97. The topological polar surface area (TPSA) is 38.5 Å². The van der Waals surface area contributed by atoms with Crippen molar-refractivity contribution < 1.29 is 9.13 Å². The predicted molar refractivity (Wildman–Crippen MR) is 68.1 cm³/mol. The molecule has 1 aromatic rings. The second-order valence-electron chi connectivity index (χ2n) is 5.56. The van der Waals surface area contributed by atoms with Crippen molar-refractivity contribution >= 4 is 0 Å². The summed E-state index contributed by atoms with van der Waals surface area (Å²) in [4.78, 5) is 2.35. The van der Waals surface area contributed by atoms with Crippen LogP contribution in [-0.2, 0) is 6.42 Å². The molecule has 3 rings (SSSR count). The van der Waals surface area contributed by atoms with Crippen molar-refractivity contribution in [2.45, 2.75) is 25.5 Å². The van der Waals surface area contributed by atoms with Crippen LogP contribution in [-0.4, -0.2) is 36.7 Å². The average Bonchev–Trinajstić information content (AvgIpc) is 2.82. The van der Waals surface area contributed by atoms with Crippen molar-refractivity contribution in [1.29, 1.82) is 0 Å². The molecule has 2 N–H and O–H groups in total. The van der Waals surface area contributed by atoms with Gasteiger partial charge in [0.15, 0.2) is 0 Å². The predicted octanol–water partition coefficient (Wildman–Crippen LogP) is 1.41. The number of hydrogen-bond acceptors (Lipinski definition) is 3. The molecule has 0 aliphatic carbocycles. The molecule has 98 valence electrons. The largest absolute Gasteiger partial charge is 0.488 e. The molecule has 0 radical (unpaired) electrons. The standard InChI is InChI=1S/C14H19FN2O/c1-9-6-17(8-13(9)16)7-12-5-10-4-11(15)2-3-14(10)18-12/h2-4,9,12-13H,5-8,16H2,1H3. The Labute approximate surface area is 107 Å². The average molecular weight is 250 g/mol. The zero-order chi connectivity index (χ0) is 12.7. The van der Waals surface area contributed by atoms with E-state index in [1.807, 2.05) is 0 Å². The Morgan fingerprint density at radius 2 is 2.28 bits per heavy atom. The maximum atomic E-state index is 13.1. The fourth-order valence-corrected chi connectivity index (χ4v) is 2.92. The molecule has 1 aromatic carbocycles. The minimum absolute atomic E-state index is 0.138. The second-order valence-corrected chi connectivity index (χ2v) is 5.56. The Bertz CT molecular complexity index is 441. The van der Waals surface area contributed by atoms with E-state index in [-0.39, 0.29) is 18.0 Å². The normalized spacial score (nSPS) is 31.4. The van der Waals surface area contributed by atoms with Gasteiger partial charge < -0.3 is 10.5 Å². The maximum Gasteiger partial charge on any atom is 0.123 e. The molecule has 0 aromatic heterocycles. The highest BCUT2D eigenvalue weighted by Gasteiger charge is 2.31. The van der Waals surface area contributed by atoms with Gasteiger partial charge in [0, 0.05) is 37.7 Å². The maximum absolute atomic E-state index is 13.1. The van der Waals surface area contributed by atoms with Crippen molar-refractivity contribution in [3.05, 3.63) is 29.6 Å². The van der Waals surface area contributed by atoms with Crippen LogP contribution in [0, 0.1) is 11.7 Å². The summed E-state index contributed by atoms with van der Waals surface area (Å²) >= 11 is 0. The molecule has 0 amide bonds. The van der Waals surface area contributed by atoms with E-state index in [1.54, 1.807) is 12.1 Å². The van der Waals surface area contributed by atoms with E-state index in [1.165, 1.54) is 6.07 Å². The van der Waals surface area contributed by atoms with E-state index in [0.29, 0.717) is 5.92 Å². The first-order chi connectivity index (χ1) is 8.61. The van der Waals surface area contributed by atoms with Gasteiger partial charge in [0.1, 0.15) is 17.7 Å². The van der Waals surface area contributed by atoms with E-state index in [4.69, 9.17) is 10.5 Å². The first-order valence-corrected chi connectivity index (χ1v) is 6.55. The molecule has 2 aliphatic heterocycles. The molecule has 2 aliphatic rings. The number of ether oxygens (including phenoxy) is 1. The number of nitrogens with zero attached hydrogens (tertiary/aromatic N) is 1. The van der Waals surface area contributed by atoms with Crippen LogP contribution in [0.25, 0.3) is 0 Å². The first kappa shape index (κ1) is 11.9. The summed E-state index contributed by atoms with van der Waals surface area (Å²) in [5.41, 5.74) is 7.00. The van der Waals surface area contributed by atoms with Gasteiger partial charge in [0.2, 0.25) is 0 Å². The van der Waals surface area contributed by atoms with Gasteiger partial charge in [0.05, 0.1) is 0 Å². The summed E-state index contributed by atoms with van der Waals surface area (Å²) in [6, 6.07) is 5.03. The number of rotatable bonds is 2. The Morgan fingerprint density at radius 1 is 1.44 bits per heavy atom. The van der Waals surface area contributed by atoms with Crippen molar-refractivity contribution in [2.75, 3.05) is 19.6 Å². The minimum Gasteiger partial charge on any atom is -0.488 e. The molecule has 0 bridgehead atoms. The summed E-state index contributed by atoms with van der Waals surface area (Å²) in [5.74, 6) is 1.19. The minimum atomic E-state index is -0.185. The zero-order valence-corrected chi connectivity index (χ0v) is 10.6. The SMILES string of the molecule is CC1CN(CC2Cc3cc(F)ccc3O2)CC1N. The van der Waals surface area contributed by atoms with Crippen LogP contribution >= 0.6 is 0 Å². The van der Waals surface area contributed by atoms with Gasteiger partial charge in [-0.3, -0.25) is 4.90 Å². The molecule has 0 spiro atoms. The molecular weight excluding hydrogens is 231 g/mol. The third kappa shape index (κ3) is 2.22. The summed E-state index contributed by atoms with van der Waals surface area (Å²) in [6.07, 6.45) is 0.937. The van der Waals surface area contributed by atoms with Crippen molar-refractivity contribution in [3.63, 3.8) is 0 Å². The summed E-state index contributed by atoms with van der Waals surface area (Å²) in [5, 5.41) is 0. The zero-order valence-electron chi connectivity index (χ0n) is 10.6. The van der Waals surface area contributed by atoms with Gasteiger partial charge in [-0.25, -0.2) is 4.39 Å². The van der Waals surface area contributed by atoms with Crippen LogP contribution in [0.15, 0.2) is 18.2 Å². The lowest BCUT2D eigenvalue weighted by Crippen LogP contribution is -2.35. The monoisotopic (exact) mass is 250 g/mol. The molecule has 1 saturated heterocycles. The Balaban J connectivity index is 1.61. The van der Waals surface area contributed by atoms with Crippen molar-refractivity contribution in [2.24, 2.45) is 11.7 Å². The van der Waals surface area contributed by atoms with E-state index in [0.717, 1.165) is 37.4 Å². The van der Waals surface area contributed by atoms with Crippen LogP contribution in [0.1, 0.15) is 12.5 Å². The van der Waals surface area contributed by atoms with E-state index >= 15 is 0 Å². The van der Waals surface area contributed by atoms with Gasteiger partial charge in [-0.15, -0.1) is 0 Å². The fraction of sp³-hybridized carbons (Fsp3) is 0.571. The molecule has 2 heterocycles. The highest BCUT2D eigenvalue weighted by Crippen LogP contribution is 2.30. The van der Waals surface area contributed by atoms with Gasteiger partial charge in [-0.05, 0) is 24.1 Å². The van der Waals surface area contributed by atoms with E-state index < -0.39 is 0 Å². The van der Waals surface area contributed by atoms with Crippen molar-refractivity contribution in [1.82, 2.24) is 4.90 Å². The quantitative estimate of drug-likeness (QED) is 0.862. The Hall–Kier alpha value is -1.13. The van der Waals surface area contributed by atoms with Gasteiger partial charge in [-0.1, -0.05) is 6.92 Å². The number of hydrogen-bond donors (Lipinski definition) is 1. The number of likely N-dealkylation sites (tertiary alicyclic amines) is 1. The van der Waals surface area contributed by atoms with E-state index in [9.17, 15) is 4.39 Å². The van der Waals surface area contributed by atoms with Gasteiger partial charge in [-0.2, -0.15) is 0 Å². The lowest BCUT2D eigenvalue weighted by Gasteiger charge is -2.19. The Morgan fingerprint density at radius 3 is 3.00 bits per heavy atom. The van der Waals surface area contributed by atoms with E-state index in [2.05, 4.69) is 11.8 Å². The molecule has 0 saturated carbocycles. The summed E-state index contributed by atoms with van der Waals surface area (Å²) in [6.45, 7) is 5.04. The molecule has 18 heavy (non-hydrogen) atoms.